The number of aliphatic hydroxyl groups excluding tert-OH is 1. The average Bonchev–Trinajstić information content (AvgIpc) is 3.34. The Morgan fingerprint density at radius 1 is 1.41 bits per heavy atom. The van der Waals surface area contributed by atoms with Gasteiger partial charge in [0.05, 0.1) is 29.9 Å². The Hall–Kier alpha value is -2.18. The largest absolute Gasteiger partial charge is 0.390 e. The number of nitrogens with one attached hydrogen (secondary N) is 1. The van der Waals surface area contributed by atoms with Crippen LogP contribution in [0.2, 0.25) is 0 Å². The Morgan fingerprint density at radius 3 is 2.86 bits per heavy atom. The lowest BCUT2D eigenvalue weighted by Crippen LogP contribution is -2.33. The third-order valence-corrected chi connectivity index (χ3v) is 7.00. The van der Waals surface area contributed by atoms with Crippen LogP contribution in [0.5, 0.6) is 0 Å². The predicted octanol–water partition coefficient (Wildman–Crippen LogP) is 2.49. The van der Waals surface area contributed by atoms with Crippen LogP contribution < -0.4 is 0 Å². The number of aromatic amines is 1. The summed E-state index contributed by atoms with van der Waals surface area (Å²) in [6.45, 7) is 1.71. The number of nitrogens with zero attached hydrogens (tertiary/aromatic N) is 4. The summed E-state index contributed by atoms with van der Waals surface area (Å²) in [5, 5.41) is 11.0. The van der Waals surface area contributed by atoms with Crippen molar-refractivity contribution in [3.8, 4) is 0 Å². The van der Waals surface area contributed by atoms with Gasteiger partial charge in [-0.2, -0.15) is 17.5 Å². The normalized spacial score (nSPS) is 20.1. The van der Waals surface area contributed by atoms with Gasteiger partial charge in [0, 0.05) is 24.7 Å². The van der Waals surface area contributed by atoms with Gasteiger partial charge in [0.1, 0.15) is 23.1 Å². The van der Waals surface area contributed by atoms with E-state index in [0.29, 0.717) is 28.9 Å². The number of fused-ring (bicyclic) bond motifs is 3. The second-order valence-corrected chi connectivity index (χ2v) is 9.32. The van der Waals surface area contributed by atoms with Gasteiger partial charge in [-0.25, -0.2) is 18.4 Å². The standard InChI is InChI=1S/C17H20F3N5O3S/c1-10(26)16-23-13-8-22-15-12(2-5-21-15)14(13)25(16)11-3-6-24(9-11)29(27,28)7-4-17(18,19)20/h2,5,8,10-11,26H,3-4,6-7,9H2,1H3,(H,21,22)/t10-,11+/m1/s1. The maximum Gasteiger partial charge on any atom is 0.390 e. The quantitative estimate of drug-likeness (QED) is 0.646. The van der Waals surface area contributed by atoms with E-state index in [1.807, 2.05) is 6.07 Å². The molecule has 1 aliphatic rings. The number of H-pyrrole nitrogens is 1. The van der Waals surface area contributed by atoms with Gasteiger partial charge in [0.15, 0.2) is 0 Å². The molecule has 0 unspecified atom stereocenters. The van der Waals surface area contributed by atoms with Crippen LogP contribution >= 0.6 is 0 Å². The molecule has 8 nitrogen and oxygen atoms in total. The molecule has 29 heavy (non-hydrogen) atoms. The average molecular weight is 431 g/mol. The third kappa shape index (κ3) is 3.71. The molecule has 2 atom stereocenters. The van der Waals surface area contributed by atoms with Gasteiger partial charge in [0.2, 0.25) is 10.0 Å². The molecule has 3 aromatic heterocycles. The van der Waals surface area contributed by atoms with E-state index < -0.39 is 34.5 Å². The molecular formula is C17H20F3N5O3S. The molecule has 0 radical (unpaired) electrons. The number of sulfonamides is 1. The van der Waals surface area contributed by atoms with E-state index >= 15 is 0 Å². The SMILES string of the molecule is C[C@@H](O)c1nc2cnc3[nH]ccc3c2n1[C@H]1CCN(S(=O)(=O)CCC(F)(F)F)C1. The van der Waals surface area contributed by atoms with E-state index in [-0.39, 0.29) is 19.1 Å². The molecule has 0 bridgehead atoms. The molecule has 0 spiro atoms. The molecule has 12 heteroatoms. The third-order valence-electron chi connectivity index (χ3n) is 5.16. The van der Waals surface area contributed by atoms with E-state index in [1.54, 1.807) is 23.9 Å². The Morgan fingerprint density at radius 2 is 2.17 bits per heavy atom. The highest BCUT2D eigenvalue weighted by Gasteiger charge is 2.37. The number of aliphatic hydroxyl groups is 1. The molecular weight excluding hydrogens is 411 g/mol. The van der Waals surface area contributed by atoms with Crippen molar-refractivity contribution in [3.63, 3.8) is 0 Å². The highest BCUT2D eigenvalue weighted by Crippen LogP contribution is 2.34. The summed E-state index contributed by atoms with van der Waals surface area (Å²) in [6.07, 6.45) is -3.11. The van der Waals surface area contributed by atoms with Crippen molar-refractivity contribution in [2.45, 2.75) is 38.1 Å². The number of halogens is 3. The van der Waals surface area contributed by atoms with Gasteiger partial charge in [-0.1, -0.05) is 0 Å². The molecule has 1 aliphatic heterocycles. The van der Waals surface area contributed by atoms with Crippen LogP contribution in [0.3, 0.4) is 0 Å². The van der Waals surface area contributed by atoms with Crippen molar-refractivity contribution in [2.75, 3.05) is 18.8 Å². The Labute approximate surface area is 164 Å². The van der Waals surface area contributed by atoms with Crippen LogP contribution in [0.4, 0.5) is 13.2 Å². The molecule has 158 valence electrons. The smallest absolute Gasteiger partial charge is 0.385 e. The van der Waals surface area contributed by atoms with Gasteiger partial charge in [-0.15, -0.1) is 0 Å². The monoisotopic (exact) mass is 431 g/mol. The Kier molecular flexibility index (Phi) is 4.82. The number of imidazole rings is 1. The van der Waals surface area contributed by atoms with Gasteiger partial charge >= 0.3 is 6.18 Å². The molecule has 2 N–H and O–H groups in total. The number of alkyl halides is 3. The van der Waals surface area contributed by atoms with Crippen molar-refractivity contribution in [3.05, 3.63) is 24.3 Å². The van der Waals surface area contributed by atoms with Crippen LogP contribution in [0.1, 0.15) is 37.7 Å². The molecule has 0 aromatic carbocycles. The highest BCUT2D eigenvalue weighted by atomic mass is 32.2. The number of aromatic nitrogens is 4. The summed E-state index contributed by atoms with van der Waals surface area (Å²) in [6, 6.07) is 1.47. The van der Waals surface area contributed by atoms with Gasteiger partial charge in [0.25, 0.3) is 0 Å². The van der Waals surface area contributed by atoms with E-state index in [4.69, 9.17) is 0 Å². The second kappa shape index (κ2) is 6.96. The number of hydrogen-bond donors (Lipinski definition) is 2. The molecule has 4 rings (SSSR count). The van der Waals surface area contributed by atoms with Gasteiger partial charge < -0.3 is 14.7 Å². The summed E-state index contributed by atoms with van der Waals surface area (Å²) in [5.74, 6) is -0.599. The molecule has 1 saturated heterocycles. The highest BCUT2D eigenvalue weighted by molar-refractivity contribution is 7.89. The summed E-state index contributed by atoms with van der Waals surface area (Å²) in [5.41, 5.74) is 1.90. The fraction of sp³-hybridized carbons (Fsp3) is 0.529. The van der Waals surface area contributed by atoms with Crippen LogP contribution in [0.15, 0.2) is 18.5 Å². The summed E-state index contributed by atoms with van der Waals surface area (Å²) in [4.78, 5) is 11.8. The van der Waals surface area contributed by atoms with Crippen molar-refractivity contribution in [2.24, 2.45) is 0 Å². The van der Waals surface area contributed by atoms with Crippen LogP contribution in [0.25, 0.3) is 22.1 Å². The molecule has 1 fully saturated rings. The zero-order valence-electron chi connectivity index (χ0n) is 15.5. The first-order valence-electron chi connectivity index (χ1n) is 9.13. The topological polar surface area (TPSA) is 104 Å². The van der Waals surface area contributed by atoms with E-state index in [0.717, 1.165) is 9.69 Å². The van der Waals surface area contributed by atoms with Crippen molar-refractivity contribution in [1.29, 1.82) is 0 Å². The number of pyridine rings is 1. The molecule has 4 heterocycles. The lowest BCUT2D eigenvalue weighted by atomic mass is 10.2. The first-order chi connectivity index (χ1) is 13.6. The molecule has 0 aliphatic carbocycles. The van der Waals surface area contributed by atoms with Gasteiger partial charge in [-0.05, 0) is 19.4 Å². The number of rotatable bonds is 5. The maximum absolute atomic E-state index is 12.5. The Balaban J connectivity index is 1.70. The first-order valence-corrected chi connectivity index (χ1v) is 10.7. The molecule has 0 amide bonds. The first kappa shape index (κ1) is 20.1. The lowest BCUT2D eigenvalue weighted by Gasteiger charge is -2.20. The lowest BCUT2D eigenvalue weighted by molar-refractivity contribution is -0.130. The fourth-order valence-corrected chi connectivity index (χ4v) is 5.35. The zero-order valence-corrected chi connectivity index (χ0v) is 16.3. The predicted molar refractivity (Wildman–Crippen MR) is 99.7 cm³/mol. The van der Waals surface area contributed by atoms with Crippen molar-refractivity contribution < 1.29 is 26.7 Å². The maximum atomic E-state index is 12.5. The van der Waals surface area contributed by atoms with Crippen molar-refractivity contribution >= 4 is 32.1 Å². The fourth-order valence-electron chi connectivity index (χ4n) is 3.82. The minimum absolute atomic E-state index is 0.0274. The van der Waals surface area contributed by atoms with Crippen LogP contribution in [-0.2, 0) is 10.0 Å². The van der Waals surface area contributed by atoms with E-state index in [2.05, 4.69) is 15.0 Å². The van der Waals surface area contributed by atoms with E-state index in [1.165, 1.54) is 0 Å². The minimum Gasteiger partial charge on any atom is -0.385 e. The summed E-state index contributed by atoms with van der Waals surface area (Å²) in [7, 11) is -4.04. The molecule has 0 saturated carbocycles. The van der Waals surface area contributed by atoms with Crippen LogP contribution in [-0.4, -0.2) is 62.4 Å². The number of hydrogen-bond acceptors (Lipinski definition) is 5. The second-order valence-electron chi connectivity index (χ2n) is 7.23. The zero-order chi connectivity index (χ0) is 21.0. The van der Waals surface area contributed by atoms with Crippen molar-refractivity contribution in [1.82, 2.24) is 23.8 Å². The molecule has 3 aromatic rings. The minimum atomic E-state index is -4.53. The Bertz CT molecular complexity index is 1150. The van der Waals surface area contributed by atoms with Gasteiger partial charge in [-0.3, -0.25) is 0 Å². The summed E-state index contributed by atoms with van der Waals surface area (Å²) < 4.78 is 65.1. The summed E-state index contributed by atoms with van der Waals surface area (Å²) >= 11 is 0. The van der Waals surface area contributed by atoms with Crippen LogP contribution in [0, 0.1) is 0 Å². The van der Waals surface area contributed by atoms with E-state index in [9.17, 15) is 26.7 Å².